The summed E-state index contributed by atoms with van der Waals surface area (Å²) in [6, 6.07) is 0. The van der Waals surface area contributed by atoms with Gasteiger partial charge in [-0.1, -0.05) is 0 Å². The van der Waals surface area contributed by atoms with Crippen LogP contribution < -0.4 is 0 Å². The standard InChI is InChI=1S/C5H2F5O2Si/c6-1-2(7)4(9)5(10,3(1)8)13(11)12/h11-12H. The van der Waals surface area contributed by atoms with E-state index in [2.05, 4.69) is 0 Å². The molecule has 8 heteroatoms. The van der Waals surface area contributed by atoms with Crippen LogP contribution in [0.15, 0.2) is 23.3 Å². The van der Waals surface area contributed by atoms with Crippen molar-refractivity contribution in [1.82, 2.24) is 0 Å². The fourth-order valence-electron chi connectivity index (χ4n) is 0.788. The van der Waals surface area contributed by atoms with Crippen molar-refractivity contribution in [2.75, 3.05) is 0 Å². The molecule has 2 N–H and O–H groups in total. The Labute approximate surface area is 70.5 Å². The first-order chi connectivity index (χ1) is 5.83. The van der Waals surface area contributed by atoms with E-state index in [1.54, 1.807) is 0 Å². The number of rotatable bonds is 1. The summed E-state index contributed by atoms with van der Waals surface area (Å²) in [5.74, 6) is -9.68. The van der Waals surface area contributed by atoms with Gasteiger partial charge in [0.1, 0.15) is 0 Å². The van der Waals surface area contributed by atoms with Crippen molar-refractivity contribution in [3.63, 3.8) is 0 Å². The fraction of sp³-hybridized carbons (Fsp3) is 0.200. The van der Waals surface area contributed by atoms with Gasteiger partial charge < -0.3 is 9.59 Å². The molecule has 0 amide bonds. The third kappa shape index (κ3) is 1.13. The predicted octanol–water partition coefficient (Wildman–Crippen LogP) is 1.02. The predicted molar refractivity (Wildman–Crippen MR) is 32.5 cm³/mol. The van der Waals surface area contributed by atoms with Crippen LogP contribution in [0.25, 0.3) is 0 Å². The summed E-state index contributed by atoms with van der Waals surface area (Å²) in [5, 5.41) is -4.06. The Bertz CT molecular complexity index is 286. The molecule has 0 unspecified atom stereocenters. The highest BCUT2D eigenvalue weighted by Gasteiger charge is 2.59. The van der Waals surface area contributed by atoms with Crippen LogP contribution in [0.5, 0.6) is 0 Å². The monoisotopic (exact) mass is 217 g/mol. The number of hydrogen-bond donors (Lipinski definition) is 2. The number of halogens is 5. The minimum atomic E-state index is -4.19. The second kappa shape index (κ2) is 2.89. The van der Waals surface area contributed by atoms with Gasteiger partial charge in [0.05, 0.1) is 0 Å². The van der Waals surface area contributed by atoms with Crippen molar-refractivity contribution in [3.8, 4) is 0 Å². The molecule has 0 spiro atoms. The lowest BCUT2D eigenvalue weighted by molar-refractivity contribution is 0.208. The molecule has 13 heavy (non-hydrogen) atoms. The smallest absolute Gasteiger partial charge is 0.407 e. The average molecular weight is 217 g/mol. The molecule has 0 aromatic rings. The van der Waals surface area contributed by atoms with Crippen LogP contribution in [0.4, 0.5) is 22.0 Å². The van der Waals surface area contributed by atoms with Crippen molar-refractivity contribution >= 4 is 9.28 Å². The van der Waals surface area contributed by atoms with Crippen molar-refractivity contribution in [3.05, 3.63) is 23.3 Å². The molecule has 0 fully saturated rings. The van der Waals surface area contributed by atoms with Gasteiger partial charge in [-0.05, 0) is 0 Å². The quantitative estimate of drug-likeness (QED) is 0.508. The maximum absolute atomic E-state index is 12.9. The van der Waals surface area contributed by atoms with Crippen molar-refractivity contribution in [2.45, 2.75) is 5.29 Å². The summed E-state index contributed by atoms with van der Waals surface area (Å²) in [6.07, 6.45) is 0. The first-order valence-corrected chi connectivity index (χ1v) is 4.29. The minimum Gasteiger partial charge on any atom is -0.407 e. The zero-order chi connectivity index (χ0) is 10.4. The summed E-state index contributed by atoms with van der Waals surface area (Å²) in [5.41, 5.74) is 0. The van der Waals surface area contributed by atoms with Crippen LogP contribution in [0.3, 0.4) is 0 Å². The highest BCUT2D eigenvalue weighted by Crippen LogP contribution is 2.46. The molecule has 0 bridgehead atoms. The van der Waals surface area contributed by atoms with Crippen molar-refractivity contribution in [1.29, 1.82) is 0 Å². The van der Waals surface area contributed by atoms with E-state index in [9.17, 15) is 22.0 Å². The second-order valence-electron chi connectivity index (χ2n) is 2.24. The third-order valence-electron chi connectivity index (χ3n) is 1.49. The van der Waals surface area contributed by atoms with Gasteiger partial charge in [0.2, 0.25) is 0 Å². The normalized spacial score (nSPS) is 22.2. The summed E-state index contributed by atoms with van der Waals surface area (Å²) in [6.45, 7) is 0. The molecule has 1 aliphatic rings. The van der Waals surface area contributed by atoms with Gasteiger partial charge in [-0.25, -0.2) is 22.0 Å². The molecule has 0 atom stereocenters. The van der Waals surface area contributed by atoms with Crippen LogP contribution in [0.1, 0.15) is 0 Å². The highest BCUT2D eigenvalue weighted by atomic mass is 28.3. The van der Waals surface area contributed by atoms with Crippen molar-refractivity contribution in [2.24, 2.45) is 0 Å². The minimum absolute atomic E-state index is 2.37. The molecule has 1 rings (SSSR count). The maximum Gasteiger partial charge on any atom is 0.435 e. The SMILES string of the molecule is O[Si](O)C1(F)C(F)=C(F)C(F)=C1F. The lowest BCUT2D eigenvalue weighted by atomic mass is 10.4. The Hall–Kier alpha value is -0.733. The molecule has 0 saturated heterocycles. The van der Waals surface area contributed by atoms with E-state index in [1.165, 1.54) is 0 Å². The van der Waals surface area contributed by atoms with Crippen LogP contribution in [-0.2, 0) is 0 Å². The van der Waals surface area contributed by atoms with Gasteiger partial charge >= 0.3 is 9.28 Å². The van der Waals surface area contributed by atoms with E-state index in [0.717, 1.165) is 0 Å². The van der Waals surface area contributed by atoms with Crippen LogP contribution in [-0.4, -0.2) is 24.2 Å². The number of alkyl halides is 1. The summed E-state index contributed by atoms with van der Waals surface area (Å²) in [7, 11) is -4.19. The highest BCUT2D eigenvalue weighted by molar-refractivity contribution is 6.47. The maximum atomic E-state index is 12.9. The Balaban J connectivity index is 3.31. The molecule has 0 aromatic heterocycles. The summed E-state index contributed by atoms with van der Waals surface area (Å²) in [4.78, 5) is 16.6. The molecule has 73 valence electrons. The van der Waals surface area contributed by atoms with Crippen LogP contribution in [0.2, 0.25) is 0 Å². The zero-order valence-corrected chi connectivity index (χ0v) is 6.78. The second-order valence-corrected chi connectivity index (χ2v) is 3.57. The van der Waals surface area contributed by atoms with Gasteiger partial charge in [0.15, 0.2) is 23.3 Å². The molecule has 2 nitrogen and oxygen atoms in total. The van der Waals surface area contributed by atoms with Gasteiger partial charge in [-0.2, -0.15) is 0 Å². The molecule has 0 saturated carbocycles. The molecule has 1 radical (unpaired) electrons. The third-order valence-corrected chi connectivity index (χ3v) is 2.55. The van der Waals surface area contributed by atoms with E-state index >= 15 is 0 Å². The largest absolute Gasteiger partial charge is 0.435 e. The Morgan fingerprint density at radius 1 is 0.923 bits per heavy atom. The summed E-state index contributed by atoms with van der Waals surface area (Å²) >= 11 is 0. The van der Waals surface area contributed by atoms with Crippen LogP contribution >= 0.6 is 0 Å². The summed E-state index contributed by atoms with van der Waals surface area (Å²) < 4.78 is 62.2. The van der Waals surface area contributed by atoms with E-state index in [-0.39, 0.29) is 0 Å². The average Bonchev–Trinajstić information content (AvgIpc) is 2.22. The van der Waals surface area contributed by atoms with E-state index in [4.69, 9.17) is 9.59 Å². The molecular weight excluding hydrogens is 215 g/mol. The fourth-order valence-corrected chi connectivity index (χ4v) is 1.40. The molecule has 0 heterocycles. The van der Waals surface area contributed by atoms with E-state index < -0.39 is 37.9 Å². The topological polar surface area (TPSA) is 40.5 Å². The van der Waals surface area contributed by atoms with E-state index in [1.807, 2.05) is 0 Å². The van der Waals surface area contributed by atoms with Gasteiger partial charge in [0.25, 0.3) is 5.29 Å². The van der Waals surface area contributed by atoms with Crippen LogP contribution in [0, 0.1) is 0 Å². The van der Waals surface area contributed by atoms with Crippen molar-refractivity contribution < 1.29 is 31.5 Å². The molecule has 0 aliphatic heterocycles. The number of hydrogen-bond acceptors (Lipinski definition) is 2. The van der Waals surface area contributed by atoms with Gasteiger partial charge in [0, 0.05) is 0 Å². The first kappa shape index (κ1) is 10.3. The van der Waals surface area contributed by atoms with E-state index in [0.29, 0.717) is 0 Å². The van der Waals surface area contributed by atoms with Gasteiger partial charge in [-0.15, -0.1) is 0 Å². The molecule has 0 aromatic carbocycles. The van der Waals surface area contributed by atoms with Gasteiger partial charge in [-0.3, -0.25) is 0 Å². The lowest BCUT2D eigenvalue weighted by Gasteiger charge is -2.16. The Kier molecular flexibility index (Phi) is 2.30. The molecular formula is C5H2F5O2Si. The first-order valence-electron chi connectivity index (χ1n) is 2.89. The number of allylic oxidation sites excluding steroid dienone is 4. The lowest BCUT2D eigenvalue weighted by Crippen LogP contribution is -2.42. The Morgan fingerprint density at radius 3 is 1.38 bits per heavy atom. The Morgan fingerprint density at radius 2 is 1.23 bits per heavy atom. The molecule has 1 aliphatic carbocycles. The zero-order valence-electron chi connectivity index (χ0n) is 5.78.